The van der Waals surface area contributed by atoms with Gasteiger partial charge in [-0.05, 0) is 82.4 Å². The highest BCUT2D eigenvalue weighted by atomic mass is 16.5. The van der Waals surface area contributed by atoms with Gasteiger partial charge in [-0.25, -0.2) is 24.7 Å². The molecule has 3 aromatic heterocycles. The summed E-state index contributed by atoms with van der Waals surface area (Å²) in [4.78, 5) is 53.0. The van der Waals surface area contributed by atoms with Gasteiger partial charge < -0.3 is 29.0 Å². The lowest BCUT2D eigenvalue weighted by molar-refractivity contribution is -0.157. The molecule has 0 bridgehead atoms. The van der Waals surface area contributed by atoms with Gasteiger partial charge in [-0.3, -0.25) is 10.1 Å². The van der Waals surface area contributed by atoms with Crippen molar-refractivity contribution in [3.63, 3.8) is 0 Å². The van der Waals surface area contributed by atoms with Crippen LogP contribution in [0.2, 0.25) is 0 Å². The molecule has 0 radical (unpaired) electrons. The molecule has 1 aromatic carbocycles. The molecule has 52 heavy (non-hydrogen) atoms. The van der Waals surface area contributed by atoms with Gasteiger partial charge in [-0.15, -0.1) is 0 Å². The first-order valence-electron chi connectivity index (χ1n) is 18.6. The number of esters is 1. The number of aromatic nitrogens is 5. The summed E-state index contributed by atoms with van der Waals surface area (Å²) in [6.07, 6.45) is 12.5. The minimum atomic E-state index is -0.467. The molecule has 14 heteroatoms. The van der Waals surface area contributed by atoms with Crippen molar-refractivity contribution in [3.05, 3.63) is 36.9 Å². The average molecular weight is 714 g/mol. The number of amides is 2. The molecule has 0 aliphatic carbocycles. The molecule has 14 nitrogen and oxygen atoms in total. The monoisotopic (exact) mass is 713 g/mol. The predicted molar refractivity (Wildman–Crippen MR) is 200 cm³/mol. The molecule has 0 unspecified atom stereocenters. The van der Waals surface area contributed by atoms with Gasteiger partial charge in [0.05, 0.1) is 18.6 Å². The number of rotatable bonds is 13. The van der Waals surface area contributed by atoms with E-state index in [1.54, 1.807) is 12.4 Å². The molecule has 0 saturated carbocycles. The summed E-state index contributed by atoms with van der Waals surface area (Å²) in [6.45, 7) is 15.5. The zero-order chi connectivity index (χ0) is 36.7. The largest absolute Gasteiger partial charge is 0.466 e. The lowest BCUT2D eigenvalue weighted by Crippen LogP contribution is -2.45. The Morgan fingerprint density at radius 1 is 0.788 bits per heavy atom. The lowest BCUT2D eigenvalue weighted by Gasteiger charge is -2.41. The smallest absolute Gasteiger partial charge is 0.322 e. The van der Waals surface area contributed by atoms with E-state index in [1.807, 2.05) is 52.2 Å². The molecule has 5 heterocycles. The summed E-state index contributed by atoms with van der Waals surface area (Å²) in [5.74, 6) is 1.19. The molecule has 0 spiro atoms. The van der Waals surface area contributed by atoms with Crippen molar-refractivity contribution < 1.29 is 23.5 Å². The molecule has 2 fully saturated rings. The zero-order valence-electron chi connectivity index (χ0n) is 31.0. The summed E-state index contributed by atoms with van der Waals surface area (Å²) in [5, 5.41) is 5.38. The summed E-state index contributed by atoms with van der Waals surface area (Å²) in [6, 6.07) is 3.56. The number of hydrogen-bond acceptors (Lipinski definition) is 12. The molecule has 0 atom stereocenters. The topological polar surface area (TPSA) is 161 Å². The number of fused-ring (bicyclic) bond motifs is 1. The van der Waals surface area contributed by atoms with Crippen LogP contribution in [0.25, 0.3) is 33.4 Å². The second-order valence-corrected chi connectivity index (χ2v) is 13.7. The molecule has 4 aromatic rings. The van der Waals surface area contributed by atoms with Crippen LogP contribution in [0.4, 0.5) is 22.7 Å². The second kappa shape index (κ2) is 16.2. The summed E-state index contributed by atoms with van der Waals surface area (Å²) < 4.78 is 17.3. The first-order chi connectivity index (χ1) is 25.3. The number of carbonyl (C=O) groups is 2. The maximum Gasteiger partial charge on any atom is 0.322 e. The lowest BCUT2D eigenvalue weighted by atomic mass is 9.76. The standard InChI is InChI=1S/C38H51N9O5/c1-6-37(25-50-9-4)11-15-46(16-12-37)33-40-21-27(22-41-33)26-19-29(31-30(20-26)44-36(52-31)45-35(49)39-8-3)28-23-42-34(43-24-28)47-17-13-38(7-2,14-18-47)32(48)51-10-5/h19-24H,6-18,25H2,1-5H3,(H2,39,44,45,49). The van der Waals surface area contributed by atoms with Crippen molar-refractivity contribution in [2.45, 2.75) is 73.1 Å². The normalized spacial score (nSPS) is 16.9. The van der Waals surface area contributed by atoms with Gasteiger partial charge >= 0.3 is 18.0 Å². The molecular weight excluding hydrogens is 662 g/mol. The van der Waals surface area contributed by atoms with Crippen LogP contribution in [0.15, 0.2) is 41.3 Å². The molecular formula is C38H51N9O5. The van der Waals surface area contributed by atoms with Gasteiger partial charge in [0.15, 0.2) is 5.58 Å². The highest BCUT2D eigenvalue weighted by Crippen LogP contribution is 2.39. The second-order valence-electron chi connectivity index (χ2n) is 13.7. The maximum absolute atomic E-state index is 12.7. The Morgan fingerprint density at radius 2 is 1.40 bits per heavy atom. The average Bonchev–Trinajstić information content (AvgIpc) is 3.59. The van der Waals surface area contributed by atoms with Gasteiger partial charge in [0.25, 0.3) is 0 Å². The summed E-state index contributed by atoms with van der Waals surface area (Å²) in [5.41, 5.74) is 3.88. The number of benzene rings is 1. The van der Waals surface area contributed by atoms with Crippen LogP contribution >= 0.6 is 0 Å². The first-order valence-corrected chi connectivity index (χ1v) is 18.6. The maximum atomic E-state index is 12.7. The third kappa shape index (κ3) is 7.81. The van der Waals surface area contributed by atoms with E-state index in [0.29, 0.717) is 67.6 Å². The number of nitrogens with zero attached hydrogens (tertiary/aromatic N) is 7. The van der Waals surface area contributed by atoms with Gasteiger partial charge in [0.2, 0.25) is 11.9 Å². The van der Waals surface area contributed by atoms with E-state index >= 15 is 0 Å². The molecule has 6 rings (SSSR count). The van der Waals surface area contributed by atoms with Crippen LogP contribution < -0.4 is 20.4 Å². The number of oxazole rings is 1. The van der Waals surface area contributed by atoms with Crippen molar-refractivity contribution in [2.75, 3.05) is 67.7 Å². The number of carbonyl (C=O) groups excluding carboxylic acids is 2. The number of ether oxygens (including phenoxy) is 2. The first kappa shape index (κ1) is 36.9. The van der Waals surface area contributed by atoms with Gasteiger partial charge in [-0.1, -0.05) is 13.8 Å². The number of nitrogens with one attached hydrogen (secondary N) is 2. The number of anilines is 3. The third-order valence-electron chi connectivity index (χ3n) is 10.8. The number of hydrogen-bond donors (Lipinski definition) is 2. The van der Waals surface area contributed by atoms with Crippen LogP contribution in [-0.2, 0) is 14.3 Å². The Kier molecular flexibility index (Phi) is 11.5. The molecule has 278 valence electrons. The van der Waals surface area contributed by atoms with E-state index in [1.165, 1.54) is 0 Å². The summed E-state index contributed by atoms with van der Waals surface area (Å²) in [7, 11) is 0. The van der Waals surface area contributed by atoms with Crippen molar-refractivity contribution in [3.8, 4) is 22.3 Å². The van der Waals surface area contributed by atoms with Crippen molar-refractivity contribution in [2.24, 2.45) is 10.8 Å². The predicted octanol–water partition coefficient (Wildman–Crippen LogP) is 6.48. The third-order valence-corrected chi connectivity index (χ3v) is 10.8. The fourth-order valence-electron chi connectivity index (χ4n) is 7.25. The Hall–Kier alpha value is -4.85. The molecule has 2 aliphatic heterocycles. The van der Waals surface area contributed by atoms with E-state index in [2.05, 4.69) is 32.3 Å². The summed E-state index contributed by atoms with van der Waals surface area (Å²) >= 11 is 0. The van der Waals surface area contributed by atoms with E-state index in [-0.39, 0.29) is 17.4 Å². The molecule has 2 aliphatic rings. The van der Waals surface area contributed by atoms with Crippen LogP contribution in [-0.4, -0.2) is 89.5 Å². The molecule has 2 amide bonds. The van der Waals surface area contributed by atoms with Crippen LogP contribution in [0, 0.1) is 10.8 Å². The van der Waals surface area contributed by atoms with Crippen LogP contribution in [0.3, 0.4) is 0 Å². The van der Waals surface area contributed by atoms with Gasteiger partial charge in [-0.2, -0.15) is 4.98 Å². The van der Waals surface area contributed by atoms with Crippen LogP contribution in [0.5, 0.6) is 0 Å². The highest BCUT2D eigenvalue weighted by molar-refractivity contribution is 5.96. The van der Waals surface area contributed by atoms with Crippen LogP contribution in [0.1, 0.15) is 73.1 Å². The van der Waals surface area contributed by atoms with Gasteiger partial charge in [0, 0.05) is 80.8 Å². The van der Waals surface area contributed by atoms with E-state index in [4.69, 9.17) is 33.8 Å². The van der Waals surface area contributed by atoms with Crippen molar-refractivity contribution in [1.29, 1.82) is 0 Å². The number of urea groups is 1. The number of piperidine rings is 2. The fraction of sp³-hybridized carbons (Fsp3) is 0.553. The Bertz CT molecular complexity index is 1810. The Morgan fingerprint density at radius 3 is 1.96 bits per heavy atom. The SMILES string of the molecule is CCNC(=O)Nc1nc2cc(-c3cnc(N4CCC(CC)(COCC)CC4)nc3)cc(-c3cnc(N4CCC(CC)(C(=O)OCC)CC4)nc3)c2o1. The molecule has 2 saturated heterocycles. The zero-order valence-corrected chi connectivity index (χ0v) is 31.0. The minimum Gasteiger partial charge on any atom is -0.466 e. The Balaban J connectivity index is 1.25. The highest BCUT2D eigenvalue weighted by Gasteiger charge is 2.41. The van der Waals surface area contributed by atoms with Crippen molar-refractivity contribution >= 4 is 41.0 Å². The minimum absolute atomic E-state index is 0.0791. The Labute approximate surface area is 305 Å². The molecule has 2 N–H and O–H groups in total. The van der Waals surface area contributed by atoms with Gasteiger partial charge in [0.1, 0.15) is 5.52 Å². The van der Waals surface area contributed by atoms with Crippen molar-refractivity contribution in [1.82, 2.24) is 30.2 Å². The van der Waals surface area contributed by atoms with E-state index in [0.717, 1.165) is 68.7 Å². The quantitative estimate of drug-likeness (QED) is 0.146. The van der Waals surface area contributed by atoms with E-state index in [9.17, 15) is 9.59 Å². The fourth-order valence-corrected chi connectivity index (χ4v) is 7.25. The van der Waals surface area contributed by atoms with E-state index < -0.39 is 11.4 Å².